The van der Waals surface area contributed by atoms with Crippen LogP contribution in [-0.4, -0.2) is 37.5 Å². The van der Waals surface area contributed by atoms with Gasteiger partial charge in [0.1, 0.15) is 5.76 Å². The SMILES string of the molecule is CCOC(=O)c1ccc(CNC(=NCc2ccccc2)N(C)C)o1. The molecule has 0 fully saturated rings. The first-order valence-corrected chi connectivity index (χ1v) is 7.85. The molecule has 0 bridgehead atoms. The van der Waals surface area contributed by atoms with Crippen LogP contribution in [-0.2, 0) is 17.8 Å². The molecule has 0 radical (unpaired) electrons. The van der Waals surface area contributed by atoms with Gasteiger partial charge in [0, 0.05) is 14.1 Å². The van der Waals surface area contributed by atoms with Gasteiger partial charge in [-0.05, 0) is 24.6 Å². The number of benzene rings is 1. The zero-order valence-electron chi connectivity index (χ0n) is 14.3. The highest BCUT2D eigenvalue weighted by molar-refractivity contribution is 5.86. The first-order chi connectivity index (χ1) is 11.6. The Labute approximate surface area is 142 Å². The molecule has 24 heavy (non-hydrogen) atoms. The first-order valence-electron chi connectivity index (χ1n) is 7.85. The molecule has 0 aliphatic carbocycles. The lowest BCUT2D eigenvalue weighted by Gasteiger charge is -2.17. The molecule has 0 aliphatic rings. The van der Waals surface area contributed by atoms with Gasteiger partial charge in [0.2, 0.25) is 5.76 Å². The lowest BCUT2D eigenvalue weighted by atomic mass is 10.2. The Kier molecular flexibility index (Phi) is 6.42. The van der Waals surface area contributed by atoms with Gasteiger partial charge in [-0.1, -0.05) is 30.3 Å². The van der Waals surface area contributed by atoms with E-state index in [1.807, 2.05) is 49.3 Å². The number of esters is 1. The molecule has 1 aromatic carbocycles. The summed E-state index contributed by atoms with van der Waals surface area (Å²) in [5, 5.41) is 3.22. The third-order valence-electron chi connectivity index (χ3n) is 3.24. The maximum absolute atomic E-state index is 11.6. The Hall–Kier alpha value is -2.76. The van der Waals surface area contributed by atoms with E-state index in [1.165, 1.54) is 0 Å². The highest BCUT2D eigenvalue weighted by Crippen LogP contribution is 2.09. The predicted octanol–water partition coefficient (Wildman–Crippen LogP) is 2.66. The summed E-state index contributed by atoms with van der Waals surface area (Å²) in [6, 6.07) is 13.4. The minimum Gasteiger partial charge on any atom is -0.460 e. The molecule has 1 heterocycles. The van der Waals surface area contributed by atoms with Gasteiger partial charge in [-0.25, -0.2) is 9.79 Å². The van der Waals surface area contributed by atoms with Crippen LogP contribution in [0.5, 0.6) is 0 Å². The summed E-state index contributed by atoms with van der Waals surface area (Å²) in [6.45, 7) is 3.11. The first kappa shape index (κ1) is 17.6. The fourth-order valence-electron chi connectivity index (χ4n) is 2.06. The van der Waals surface area contributed by atoms with Crippen molar-refractivity contribution < 1.29 is 13.9 Å². The number of nitrogens with zero attached hydrogens (tertiary/aromatic N) is 2. The maximum Gasteiger partial charge on any atom is 0.374 e. The van der Waals surface area contributed by atoms with Crippen LogP contribution in [0.15, 0.2) is 51.9 Å². The molecule has 0 aliphatic heterocycles. The normalized spacial score (nSPS) is 11.2. The summed E-state index contributed by atoms with van der Waals surface area (Å²) in [5.41, 5.74) is 1.14. The molecule has 1 aromatic heterocycles. The monoisotopic (exact) mass is 329 g/mol. The minimum absolute atomic E-state index is 0.210. The van der Waals surface area contributed by atoms with Crippen molar-refractivity contribution in [2.45, 2.75) is 20.0 Å². The van der Waals surface area contributed by atoms with E-state index in [1.54, 1.807) is 19.1 Å². The van der Waals surface area contributed by atoms with Gasteiger partial charge in [-0.2, -0.15) is 0 Å². The van der Waals surface area contributed by atoms with E-state index in [4.69, 9.17) is 9.15 Å². The Bertz CT molecular complexity index is 678. The zero-order chi connectivity index (χ0) is 17.4. The number of hydrogen-bond acceptors (Lipinski definition) is 4. The molecule has 2 rings (SSSR count). The number of carbonyl (C=O) groups excluding carboxylic acids is 1. The van der Waals surface area contributed by atoms with E-state index >= 15 is 0 Å². The van der Waals surface area contributed by atoms with Crippen molar-refractivity contribution >= 4 is 11.9 Å². The van der Waals surface area contributed by atoms with Crippen molar-refractivity contribution in [2.75, 3.05) is 20.7 Å². The summed E-state index contributed by atoms with van der Waals surface area (Å²) < 4.78 is 10.4. The van der Waals surface area contributed by atoms with Crippen molar-refractivity contribution in [1.82, 2.24) is 10.2 Å². The van der Waals surface area contributed by atoms with Crippen molar-refractivity contribution in [3.8, 4) is 0 Å². The molecule has 2 aromatic rings. The van der Waals surface area contributed by atoms with E-state index in [0.29, 0.717) is 25.5 Å². The van der Waals surface area contributed by atoms with Gasteiger partial charge < -0.3 is 19.4 Å². The quantitative estimate of drug-likeness (QED) is 0.501. The summed E-state index contributed by atoms with van der Waals surface area (Å²) in [4.78, 5) is 18.1. The highest BCUT2D eigenvalue weighted by Gasteiger charge is 2.12. The Balaban J connectivity index is 1.95. The molecular formula is C18H23N3O3. The maximum atomic E-state index is 11.6. The number of hydrogen-bond donors (Lipinski definition) is 1. The van der Waals surface area contributed by atoms with Gasteiger partial charge in [0.15, 0.2) is 5.96 Å². The average Bonchev–Trinajstić information content (AvgIpc) is 3.05. The number of nitrogens with one attached hydrogen (secondary N) is 1. The Morgan fingerprint density at radius 2 is 1.96 bits per heavy atom. The van der Waals surface area contributed by atoms with Gasteiger partial charge in [0.05, 0.1) is 19.7 Å². The lowest BCUT2D eigenvalue weighted by molar-refractivity contribution is 0.0488. The van der Waals surface area contributed by atoms with Crippen molar-refractivity contribution in [2.24, 2.45) is 4.99 Å². The smallest absolute Gasteiger partial charge is 0.374 e. The zero-order valence-corrected chi connectivity index (χ0v) is 14.3. The highest BCUT2D eigenvalue weighted by atomic mass is 16.5. The number of ether oxygens (including phenoxy) is 1. The van der Waals surface area contributed by atoms with E-state index in [-0.39, 0.29) is 5.76 Å². The molecule has 0 atom stereocenters. The number of carbonyl (C=O) groups is 1. The van der Waals surface area contributed by atoms with Crippen molar-refractivity contribution in [3.05, 3.63) is 59.5 Å². The summed E-state index contributed by atoms with van der Waals surface area (Å²) in [5.74, 6) is 1.15. The van der Waals surface area contributed by atoms with E-state index in [0.717, 1.165) is 11.5 Å². The Morgan fingerprint density at radius 3 is 2.62 bits per heavy atom. The van der Waals surface area contributed by atoms with Crippen LogP contribution >= 0.6 is 0 Å². The second-order valence-electron chi connectivity index (χ2n) is 5.36. The second kappa shape index (κ2) is 8.76. The lowest BCUT2D eigenvalue weighted by Crippen LogP contribution is -2.35. The van der Waals surface area contributed by atoms with Crippen LogP contribution in [0.2, 0.25) is 0 Å². The predicted molar refractivity (Wildman–Crippen MR) is 92.8 cm³/mol. The molecule has 0 saturated carbocycles. The van der Waals surface area contributed by atoms with Crippen molar-refractivity contribution in [1.29, 1.82) is 0 Å². The van der Waals surface area contributed by atoms with Crippen LogP contribution in [0.25, 0.3) is 0 Å². The molecule has 128 valence electrons. The van der Waals surface area contributed by atoms with Gasteiger partial charge in [-0.3, -0.25) is 0 Å². The molecule has 6 nitrogen and oxygen atoms in total. The fourth-order valence-corrected chi connectivity index (χ4v) is 2.06. The summed E-state index contributed by atoms with van der Waals surface area (Å²) in [6.07, 6.45) is 0. The molecule has 0 amide bonds. The molecule has 6 heteroatoms. The fraction of sp³-hybridized carbons (Fsp3) is 0.333. The van der Waals surface area contributed by atoms with Gasteiger partial charge >= 0.3 is 5.97 Å². The molecular weight excluding hydrogens is 306 g/mol. The number of rotatable bonds is 6. The van der Waals surface area contributed by atoms with Crippen LogP contribution < -0.4 is 5.32 Å². The van der Waals surface area contributed by atoms with E-state index in [9.17, 15) is 4.79 Å². The standard InChI is InChI=1S/C18H23N3O3/c1-4-23-17(22)16-11-10-15(24-16)13-20-18(21(2)3)19-12-14-8-6-5-7-9-14/h5-11H,4,12-13H2,1-3H3,(H,19,20). The van der Waals surface area contributed by atoms with E-state index < -0.39 is 5.97 Å². The third kappa shape index (κ3) is 5.15. The van der Waals surface area contributed by atoms with Crippen LogP contribution in [0.1, 0.15) is 28.8 Å². The molecule has 0 spiro atoms. The average molecular weight is 329 g/mol. The number of guanidine groups is 1. The number of aliphatic imine (C=N–C) groups is 1. The molecule has 0 saturated heterocycles. The van der Waals surface area contributed by atoms with Crippen LogP contribution in [0, 0.1) is 0 Å². The molecule has 1 N–H and O–H groups in total. The largest absolute Gasteiger partial charge is 0.460 e. The van der Waals surface area contributed by atoms with Gasteiger partial charge in [0.25, 0.3) is 0 Å². The van der Waals surface area contributed by atoms with Crippen LogP contribution in [0.3, 0.4) is 0 Å². The molecule has 0 unspecified atom stereocenters. The third-order valence-corrected chi connectivity index (χ3v) is 3.24. The summed E-state index contributed by atoms with van der Waals surface area (Å²) >= 11 is 0. The second-order valence-corrected chi connectivity index (χ2v) is 5.36. The summed E-state index contributed by atoms with van der Waals surface area (Å²) in [7, 11) is 3.84. The van der Waals surface area contributed by atoms with Crippen molar-refractivity contribution in [3.63, 3.8) is 0 Å². The minimum atomic E-state index is -0.450. The topological polar surface area (TPSA) is 67.1 Å². The van der Waals surface area contributed by atoms with Crippen LogP contribution in [0.4, 0.5) is 0 Å². The Morgan fingerprint density at radius 1 is 1.21 bits per heavy atom. The van der Waals surface area contributed by atoms with Gasteiger partial charge in [-0.15, -0.1) is 0 Å². The number of furan rings is 1. The van der Waals surface area contributed by atoms with E-state index in [2.05, 4.69) is 10.3 Å².